The smallest absolute Gasteiger partial charge is 0.409 e. The van der Waals surface area contributed by atoms with Crippen LogP contribution in [0.3, 0.4) is 0 Å². The summed E-state index contributed by atoms with van der Waals surface area (Å²) in [5.41, 5.74) is 7.16. The maximum absolute atomic E-state index is 11.9. The third-order valence-corrected chi connectivity index (χ3v) is 6.04. The molecule has 0 spiro atoms. The third kappa shape index (κ3) is 7.81. The summed E-state index contributed by atoms with van der Waals surface area (Å²) in [6.45, 7) is 4.53. The second kappa shape index (κ2) is 11.7. The summed E-state index contributed by atoms with van der Waals surface area (Å²) in [4.78, 5) is 27.7. The minimum atomic E-state index is -0.612. The van der Waals surface area contributed by atoms with E-state index < -0.39 is 12.1 Å². The Kier molecular flexibility index (Phi) is 9.33. The fourth-order valence-corrected chi connectivity index (χ4v) is 4.40. The summed E-state index contributed by atoms with van der Waals surface area (Å²) in [7, 11) is 3.26. The largest absolute Gasteiger partial charge is 0.506 e. The van der Waals surface area contributed by atoms with Crippen molar-refractivity contribution in [2.24, 2.45) is 35.2 Å². The van der Waals surface area contributed by atoms with Gasteiger partial charge in [-0.2, -0.15) is 0 Å². The van der Waals surface area contributed by atoms with Crippen LogP contribution >= 0.6 is 0 Å². The third-order valence-electron chi connectivity index (χ3n) is 6.04. The van der Waals surface area contributed by atoms with Gasteiger partial charge in [0.25, 0.3) is 0 Å². The van der Waals surface area contributed by atoms with Gasteiger partial charge in [0.05, 0.1) is 23.3 Å². The highest BCUT2D eigenvalue weighted by Crippen LogP contribution is 2.58. The first-order valence-corrected chi connectivity index (χ1v) is 11.2. The van der Waals surface area contributed by atoms with E-state index in [2.05, 4.69) is 4.98 Å². The number of amides is 1. The summed E-state index contributed by atoms with van der Waals surface area (Å²) < 4.78 is 5.24. The lowest BCUT2D eigenvalue weighted by atomic mass is 10.1. The summed E-state index contributed by atoms with van der Waals surface area (Å²) >= 11 is 0. The van der Waals surface area contributed by atoms with Gasteiger partial charge in [-0.3, -0.25) is 9.78 Å². The Morgan fingerprint density at radius 2 is 1.88 bits per heavy atom. The zero-order valence-electron chi connectivity index (χ0n) is 19.9. The van der Waals surface area contributed by atoms with Crippen LogP contribution in [0.5, 0.6) is 5.75 Å². The molecule has 1 heterocycles. The second-order valence-electron chi connectivity index (χ2n) is 9.22. The maximum Gasteiger partial charge on any atom is 0.409 e. The number of aromatic hydroxyl groups is 1. The monoisotopic (exact) mass is 463 g/mol. The number of hydrazine groups is 1. The van der Waals surface area contributed by atoms with Crippen molar-refractivity contribution in [1.29, 1.82) is 0 Å². The topological polar surface area (TPSA) is 155 Å². The zero-order chi connectivity index (χ0) is 24.7. The number of fused-ring (bicyclic) bond motifs is 1. The molecular weight excluding hydrogens is 426 g/mol. The van der Waals surface area contributed by atoms with Gasteiger partial charge < -0.3 is 30.6 Å². The van der Waals surface area contributed by atoms with E-state index in [-0.39, 0.29) is 18.1 Å². The Bertz CT molecular complexity index is 830. The molecule has 1 aromatic rings. The van der Waals surface area contributed by atoms with Gasteiger partial charge in [0.1, 0.15) is 12.4 Å². The van der Waals surface area contributed by atoms with E-state index in [1.54, 1.807) is 20.2 Å². The van der Waals surface area contributed by atoms with Crippen LogP contribution in [0.15, 0.2) is 24.0 Å². The number of aromatic nitrogens is 1. The Morgan fingerprint density at radius 1 is 1.24 bits per heavy atom. The van der Waals surface area contributed by atoms with Gasteiger partial charge in [-0.15, -0.1) is 0 Å². The van der Waals surface area contributed by atoms with Gasteiger partial charge in [-0.1, -0.05) is 20.3 Å². The molecule has 0 aliphatic heterocycles. The number of carbonyl (C=O) groups excluding carboxylic acids is 1. The predicted octanol–water partition coefficient (Wildman–Crippen LogP) is 2.45. The quantitative estimate of drug-likeness (QED) is 0.336. The van der Waals surface area contributed by atoms with Crippen molar-refractivity contribution in [2.45, 2.75) is 39.5 Å². The van der Waals surface area contributed by atoms with Gasteiger partial charge in [0.15, 0.2) is 0 Å². The van der Waals surface area contributed by atoms with E-state index in [1.165, 1.54) is 41.4 Å². The minimum absolute atomic E-state index is 0.0333. The molecule has 6 N–H and O–H groups in total. The number of aliphatic carboxylic acids is 1. The highest BCUT2D eigenvalue weighted by atomic mass is 16.6. The number of likely N-dealkylation sites (N-methyl/N-ethyl adjacent to an activating group) is 1. The van der Waals surface area contributed by atoms with Crippen molar-refractivity contribution in [3.8, 4) is 5.75 Å². The molecule has 0 radical (unpaired) electrons. The normalized spacial score (nSPS) is 21.3. The van der Waals surface area contributed by atoms with Crippen LogP contribution in [0, 0.1) is 23.7 Å². The van der Waals surface area contributed by atoms with Crippen molar-refractivity contribution in [3.63, 3.8) is 0 Å². The number of carboxylic acids is 1. The van der Waals surface area contributed by atoms with Gasteiger partial charge in [-0.25, -0.2) is 10.6 Å². The predicted molar refractivity (Wildman–Crippen MR) is 124 cm³/mol. The molecule has 2 atom stereocenters. The molecule has 1 amide bonds. The summed E-state index contributed by atoms with van der Waals surface area (Å²) in [6, 6.07) is 3.02. The molecule has 0 aromatic carbocycles. The van der Waals surface area contributed by atoms with Crippen LogP contribution in [-0.4, -0.2) is 64.4 Å². The number of nitrogens with zero attached hydrogens (tertiary/aromatic N) is 3. The lowest BCUT2D eigenvalue weighted by molar-refractivity contribution is -0.137. The number of carboxylic acid groups (broad SMARTS) is 1. The van der Waals surface area contributed by atoms with Gasteiger partial charge in [0, 0.05) is 27.1 Å². The molecule has 0 bridgehead atoms. The molecule has 0 saturated heterocycles. The lowest BCUT2D eigenvalue weighted by Crippen LogP contribution is -2.35. The van der Waals surface area contributed by atoms with Crippen LogP contribution in [0.4, 0.5) is 4.79 Å². The number of carbonyl (C=O) groups is 2. The average molecular weight is 464 g/mol. The minimum Gasteiger partial charge on any atom is -0.506 e. The number of pyridine rings is 1. The van der Waals surface area contributed by atoms with E-state index in [4.69, 9.17) is 21.4 Å². The zero-order valence-corrected chi connectivity index (χ0v) is 19.9. The van der Waals surface area contributed by atoms with Gasteiger partial charge in [-0.05, 0) is 48.6 Å². The van der Waals surface area contributed by atoms with Gasteiger partial charge >= 0.3 is 12.1 Å². The average Bonchev–Trinajstić information content (AvgIpc) is 3.14. The van der Waals surface area contributed by atoms with Crippen LogP contribution in [0.2, 0.25) is 0 Å². The van der Waals surface area contributed by atoms with Crippen molar-refractivity contribution >= 4 is 17.8 Å². The van der Waals surface area contributed by atoms with Crippen LogP contribution < -0.4 is 11.6 Å². The highest BCUT2D eigenvalue weighted by molar-refractivity contribution is 5.69. The Hall–Kier alpha value is -3.01. The molecule has 2 saturated carbocycles. The SMILES string of the molecule is CC(C)CN(C)C(=O)OC/C(=C(/N)c1ccc(O)cn1)N(C)N.O=C(O)CC1C2CCCC21. The molecule has 2 unspecified atom stereocenters. The number of ether oxygens (including phenoxy) is 1. The van der Waals surface area contributed by atoms with Crippen LogP contribution in [0.25, 0.3) is 5.70 Å². The van der Waals surface area contributed by atoms with E-state index in [0.717, 1.165) is 11.8 Å². The first-order valence-electron chi connectivity index (χ1n) is 11.2. The summed E-state index contributed by atoms with van der Waals surface area (Å²) in [5, 5.41) is 19.0. The van der Waals surface area contributed by atoms with E-state index in [0.29, 0.717) is 36.2 Å². The number of rotatable bonds is 8. The molecule has 2 aliphatic rings. The van der Waals surface area contributed by atoms with E-state index in [9.17, 15) is 14.7 Å². The fraction of sp³-hybridized carbons (Fsp3) is 0.609. The number of nitrogens with two attached hydrogens (primary N) is 2. The Balaban J connectivity index is 0.000000315. The molecule has 184 valence electrons. The van der Waals surface area contributed by atoms with Crippen LogP contribution in [0.1, 0.15) is 45.2 Å². The Morgan fingerprint density at radius 3 is 2.36 bits per heavy atom. The van der Waals surface area contributed by atoms with Crippen molar-refractivity contribution in [1.82, 2.24) is 14.9 Å². The summed E-state index contributed by atoms with van der Waals surface area (Å²) in [5.74, 6) is 7.69. The molecule has 33 heavy (non-hydrogen) atoms. The molecular formula is C23H37N5O5. The number of hydrogen-bond donors (Lipinski definition) is 4. The first kappa shape index (κ1) is 26.2. The Labute approximate surface area is 195 Å². The van der Waals surface area contributed by atoms with Crippen LogP contribution in [-0.2, 0) is 9.53 Å². The van der Waals surface area contributed by atoms with Crippen molar-refractivity contribution < 1.29 is 24.5 Å². The maximum atomic E-state index is 11.9. The molecule has 3 rings (SSSR count). The fourth-order valence-electron chi connectivity index (χ4n) is 4.40. The second-order valence-corrected chi connectivity index (χ2v) is 9.22. The number of hydrogen-bond acceptors (Lipinski definition) is 8. The molecule has 10 heteroatoms. The molecule has 2 fully saturated rings. The summed E-state index contributed by atoms with van der Waals surface area (Å²) in [6.07, 6.45) is 5.18. The highest BCUT2D eigenvalue weighted by Gasteiger charge is 2.52. The standard InChI is InChI=1S/C15H25N5O3.C8H12O2/c1-10(2)8-19(3)15(22)23-9-13(20(4)17)14(16)12-6-5-11(21)7-18-12;9-8(10)4-7-5-2-1-3-6(5)7/h5-7,10,21H,8-9,16-17H2,1-4H3;5-7H,1-4H2,(H,9,10)/b14-13-;. The van der Waals surface area contributed by atoms with Crippen molar-refractivity contribution in [3.05, 3.63) is 29.7 Å². The molecule has 2 aliphatic carbocycles. The first-order chi connectivity index (χ1) is 15.5. The van der Waals surface area contributed by atoms with Crippen molar-refractivity contribution in [2.75, 3.05) is 27.2 Å². The van der Waals surface area contributed by atoms with E-state index in [1.807, 2.05) is 13.8 Å². The molecule has 1 aromatic heterocycles. The van der Waals surface area contributed by atoms with Gasteiger partial charge in [0.2, 0.25) is 0 Å². The molecule has 10 nitrogen and oxygen atoms in total. The van der Waals surface area contributed by atoms with E-state index >= 15 is 0 Å². The lowest BCUT2D eigenvalue weighted by Gasteiger charge is -2.22.